The van der Waals surface area contributed by atoms with Crippen molar-refractivity contribution in [1.29, 1.82) is 0 Å². The number of nitrogens with one attached hydrogen (secondary N) is 1. The third-order valence-electron chi connectivity index (χ3n) is 6.66. The predicted octanol–water partition coefficient (Wildman–Crippen LogP) is 4.69. The van der Waals surface area contributed by atoms with Gasteiger partial charge in [-0.1, -0.05) is 71.7 Å². The van der Waals surface area contributed by atoms with Gasteiger partial charge >= 0.3 is 0 Å². The fourth-order valence-corrected chi connectivity index (χ4v) is 5.77. The molecule has 3 aromatic carbocycles. The first-order valence-electron chi connectivity index (χ1n) is 13.6. The van der Waals surface area contributed by atoms with Gasteiger partial charge in [-0.3, -0.25) is 24.0 Å². The molecular formula is C30H35BrN4O7S. The summed E-state index contributed by atoms with van der Waals surface area (Å²) in [6.45, 7) is 1.69. The van der Waals surface area contributed by atoms with Gasteiger partial charge in [0.15, 0.2) is 0 Å². The van der Waals surface area contributed by atoms with E-state index >= 15 is 0 Å². The Morgan fingerprint density at radius 3 is 2.35 bits per heavy atom. The molecule has 0 radical (unpaired) electrons. The number of carbonyl (C=O) groups excluding carboxylic acids is 2. The van der Waals surface area contributed by atoms with Crippen LogP contribution < -0.4 is 14.4 Å². The molecule has 0 saturated carbocycles. The average Bonchev–Trinajstić information content (AvgIpc) is 2.97. The minimum absolute atomic E-state index is 0.000641. The molecule has 0 aliphatic rings. The van der Waals surface area contributed by atoms with Gasteiger partial charge in [0.1, 0.15) is 24.0 Å². The van der Waals surface area contributed by atoms with Gasteiger partial charge in [0.25, 0.3) is 5.69 Å². The highest BCUT2D eigenvalue weighted by atomic mass is 79.9. The monoisotopic (exact) mass is 674 g/mol. The Labute approximate surface area is 260 Å². The number of hydrogen-bond donors (Lipinski definition) is 1. The van der Waals surface area contributed by atoms with Crippen molar-refractivity contribution in [2.75, 3.05) is 30.8 Å². The van der Waals surface area contributed by atoms with Crippen molar-refractivity contribution in [3.8, 4) is 5.75 Å². The van der Waals surface area contributed by atoms with Crippen LogP contribution in [0.5, 0.6) is 5.75 Å². The summed E-state index contributed by atoms with van der Waals surface area (Å²) in [5, 5.41) is 14.4. The van der Waals surface area contributed by atoms with Crippen LogP contribution in [0.25, 0.3) is 0 Å². The van der Waals surface area contributed by atoms with Crippen LogP contribution in [-0.4, -0.2) is 62.6 Å². The molecule has 13 heteroatoms. The molecule has 230 valence electrons. The van der Waals surface area contributed by atoms with Crippen LogP contribution in [0.1, 0.15) is 30.9 Å². The smallest absolute Gasteiger partial charge is 0.271 e. The van der Waals surface area contributed by atoms with E-state index in [9.17, 15) is 28.1 Å². The summed E-state index contributed by atoms with van der Waals surface area (Å²) in [6, 6.07) is 19.0. The first-order chi connectivity index (χ1) is 20.4. The molecule has 11 nitrogen and oxygen atoms in total. The Bertz CT molecular complexity index is 1540. The first-order valence-corrected chi connectivity index (χ1v) is 16.2. The zero-order valence-electron chi connectivity index (χ0n) is 24.2. The third kappa shape index (κ3) is 9.52. The number of halogens is 1. The fourth-order valence-electron chi connectivity index (χ4n) is 4.47. The number of methoxy groups -OCH3 is 1. The quantitative estimate of drug-likeness (QED) is 0.140. The number of nitro groups is 1. The maximum atomic E-state index is 14.2. The van der Waals surface area contributed by atoms with Crippen molar-refractivity contribution >= 4 is 49.1 Å². The maximum absolute atomic E-state index is 14.2. The number of ether oxygens (including phenoxy) is 1. The van der Waals surface area contributed by atoms with E-state index in [1.54, 1.807) is 12.1 Å². The Morgan fingerprint density at radius 2 is 1.74 bits per heavy atom. The molecule has 0 fully saturated rings. The van der Waals surface area contributed by atoms with Gasteiger partial charge in [-0.05, 0) is 35.7 Å². The van der Waals surface area contributed by atoms with Crippen molar-refractivity contribution in [3.63, 3.8) is 0 Å². The van der Waals surface area contributed by atoms with Gasteiger partial charge in [0.2, 0.25) is 21.8 Å². The lowest BCUT2D eigenvalue weighted by Gasteiger charge is -2.33. The zero-order chi connectivity index (χ0) is 31.6. The van der Waals surface area contributed by atoms with Gasteiger partial charge in [0.05, 0.1) is 18.3 Å². The number of non-ortho nitro benzene ring substituents is 1. The van der Waals surface area contributed by atoms with E-state index in [1.807, 2.05) is 49.4 Å². The normalized spacial score (nSPS) is 11.8. The van der Waals surface area contributed by atoms with Crippen molar-refractivity contribution < 1.29 is 27.7 Å². The standard InChI is InChI=1S/C30H35BrN4O7S/c1-4-5-16-32-30(37)27(18-22-10-7-6-8-11-22)33(20-23-12-9-13-24(31)17-23)29(36)21-34(43(3,40)41)26-19-25(35(38)39)14-15-28(26)42-2/h6-15,17,19,27H,4-5,16,18,20-21H2,1-3H3,(H,32,37)/t27-/m0/s1. The molecule has 0 saturated heterocycles. The summed E-state index contributed by atoms with van der Waals surface area (Å²) in [4.78, 5) is 40.1. The Morgan fingerprint density at radius 1 is 1.05 bits per heavy atom. The number of hydrogen-bond acceptors (Lipinski definition) is 7. The molecule has 43 heavy (non-hydrogen) atoms. The largest absolute Gasteiger partial charge is 0.495 e. The second kappa shape index (κ2) is 15.5. The third-order valence-corrected chi connectivity index (χ3v) is 8.28. The molecular weight excluding hydrogens is 640 g/mol. The van der Waals surface area contributed by atoms with E-state index in [4.69, 9.17) is 4.74 Å². The van der Waals surface area contributed by atoms with Gasteiger partial charge in [0, 0.05) is 36.1 Å². The molecule has 3 rings (SSSR count). The number of nitro benzene ring substituents is 1. The highest BCUT2D eigenvalue weighted by Gasteiger charge is 2.34. The minimum Gasteiger partial charge on any atom is -0.495 e. The molecule has 0 aliphatic heterocycles. The fraction of sp³-hybridized carbons (Fsp3) is 0.333. The molecule has 0 aliphatic carbocycles. The molecule has 1 N–H and O–H groups in total. The number of nitrogens with zero attached hydrogens (tertiary/aromatic N) is 3. The summed E-state index contributed by atoms with van der Waals surface area (Å²) in [5.74, 6) is -1.02. The topological polar surface area (TPSA) is 139 Å². The lowest BCUT2D eigenvalue weighted by molar-refractivity contribution is -0.384. The highest BCUT2D eigenvalue weighted by molar-refractivity contribution is 9.10. The van der Waals surface area contributed by atoms with E-state index < -0.39 is 33.4 Å². The van der Waals surface area contributed by atoms with Crippen LogP contribution in [0.3, 0.4) is 0 Å². The molecule has 0 spiro atoms. The van der Waals surface area contributed by atoms with Crippen molar-refractivity contribution in [1.82, 2.24) is 10.2 Å². The molecule has 0 unspecified atom stereocenters. The summed E-state index contributed by atoms with van der Waals surface area (Å²) >= 11 is 3.44. The summed E-state index contributed by atoms with van der Waals surface area (Å²) < 4.78 is 32.9. The van der Waals surface area contributed by atoms with Gasteiger partial charge in [-0.25, -0.2) is 8.42 Å². The molecule has 0 heterocycles. The van der Waals surface area contributed by atoms with Crippen LogP contribution in [0.4, 0.5) is 11.4 Å². The molecule has 0 bridgehead atoms. The molecule has 2 amide bonds. The van der Waals surface area contributed by atoms with Crippen LogP contribution in [0, 0.1) is 10.1 Å². The van der Waals surface area contributed by atoms with E-state index in [-0.39, 0.29) is 36.0 Å². The summed E-state index contributed by atoms with van der Waals surface area (Å²) in [7, 11) is -2.85. The predicted molar refractivity (Wildman–Crippen MR) is 168 cm³/mol. The lowest BCUT2D eigenvalue weighted by atomic mass is 10.0. The first kappa shape index (κ1) is 33.5. The number of sulfonamides is 1. The highest BCUT2D eigenvalue weighted by Crippen LogP contribution is 2.34. The Hall–Kier alpha value is -3.97. The molecule has 3 aromatic rings. The molecule has 0 aromatic heterocycles. The van der Waals surface area contributed by atoms with E-state index in [2.05, 4.69) is 21.2 Å². The minimum atomic E-state index is -4.15. The van der Waals surface area contributed by atoms with E-state index in [0.717, 1.165) is 39.5 Å². The summed E-state index contributed by atoms with van der Waals surface area (Å²) in [6.07, 6.45) is 2.68. The van der Waals surface area contributed by atoms with Crippen LogP contribution in [0.15, 0.2) is 77.3 Å². The summed E-state index contributed by atoms with van der Waals surface area (Å²) in [5.41, 5.74) is 0.980. The van der Waals surface area contributed by atoms with Crippen molar-refractivity contribution in [2.45, 2.75) is 38.8 Å². The van der Waals surface area contributed by atoms with Crippen LogP contribution in [-0.2, 0) is 32.6 Å². The Balaban J connectivity index is 2.11. The molecule has 1 atom stereocenters. The van der Waals surface area contributed by atoms with Crippen molar-refractivity contribution in [2.24, 2.45) is 0 Å². The van der Waals surface area contributed by atoms with Crippen LogP contribution in [0.2, 0.25) is 0 Å². The van der Waals surface area contributed by atoms with Gasteiger partial charge < -0.3 is 15.0 Å². The number of rotatable bonds is 15. The van der Waals surface area contributed by atoms with Gasteiger partial charge in [-0.15, -0.1) is 0 Å². The van der Waals surface area contributed by atoms with E-state index in [0.29, 0.717) is 12.1 Å². The average molecular weight is 676 g/mol. The van der Waals surface area contributed by atoms with Crippen LogP contribution >= 0.6 is 15.9 Å². The SMILES string of the molecule is CCCCNC(=O)[C@H](Cc1ccccc1)N(Cc1cccc(Br)c1)C(=O)CN(c1cc([N+](=O)[O-])ccc1OC)S(C)(=O)=O. The Kier molecular flexibility index (Phi) is 12.1. The number of benzene rings is 3. The number of amides is 2. The second-order valence-corrected chi connectivity index (χ2v) is 12.7. The van der Waals surface area contributed by atoms with Gasteiger partial charge in [-0.2, -0.15) is 0 Å². The number of anilines is 1. The second-order valence-electron chi connectivity index (χ2n) is 9.88. The van der Waals surface area contributed by atoms with E-state index in [1.165, 1.54) is 24.1 Å². The number of unbranched alkanes of at least 4 members (excludes halogenated alkanes) is 1. The maximum Gasteiger partial charge on any atom is 0.271 e. The number of carbonyl (C=O) groups is 2. The lowest BCUT2D eigenvalue weighted by Crippen LogP contribution is -2.53. The van der Waals surface area contributed by atoms with Crippen molar-refractivity contribution in [3.05, 3.63) is 98.5 Å². The zero-order valence-corrected chi connectivity index (χ0v) is 26.6.